The van der Waals surface area contributed by atoms with E-state index in [4.69, 9.17) is 4.42 Å². The molecule has 0 aliphatic heterocycles. The van der Waals surface area contributed by atoms with Crippen molar-refractivity contribution in [3.8, 4) is 0 Å². The number of aromatic nitrogens is 1. The molecule has 0 saturated carbocycles. The predicted molar refractivity (Wildman–Crippen MR) is 63.5 cm³/mol. The van der Waals surface area contributed by atoms with Crippen LogP contribution in [0, 0.1) is 0 Å². The van der Waals surface area contributed by atoms with Gasteiger partial charge in [0.2, 0.25) is 0 Å². The number of hydrogen-bond acceptors (Lipinski definition) is 3. The number of carbonyl (C=O) groups is 1. The van der Waals surface area contributed by atoms with E-state index in [9.17, 15) is 9.59 Å². The molecule has 0 saturated heterocycles. The molecule has 1 aromatic carbocycles. The number of hydrogen-bond donors (Lipinski definition) is 0. The van der Waals surface area contributed by atoms with E-state index in [0.29, 0.717) is 17.5 Å². The summed E-state index contributed by atoms with van der Waals surface area (Å²) in [5.74, 6) is -0.484. The second-order valence-corrected chi connectivity index (χ2v) is 4.37. The summed E-state index contributed by atoms with van der Waals surface area (Å²) in [5.41, 5.74) is 1.14. The molecule has 1 aromatic heterocycles. The Kier molecular flexibility index (Phi) is 2.96. The summed E-state index contributed by atoms with van der Waals surface area (Å²) in [6.45, 7) is 1.84. The maximum atomic E-state index is 11.5. The average Bonchev–Trinajstić information content (AvgIpc) is 2.54. The van der Waals surface area contributed by atoms with Crippen molar-refractivity contribution in [2.75, 3.05) is 0 Å². The van der Waals surface area contributed by atoms with E-state index in [1.54, 1.807) is 19.1 Å². The number of nitrogens with zero attached hydrogens (tertiary/aromatic N) is 1. The van der Waals surface area contributed by atoms with Gasteiger partial charge in [-0.15, -0.1) is 0 Å². The van der Waals surface area contributed by atoms with Gasteiger partial charge in [-0.3, -0.25) is 9.36 Å². The van der Waals surface area contributed by atoms with Crippen LogP contribution in [0.3, 0.4) is 0 Å². The van der Waals surface area contributed by atoms with Crippen LogP contribution in [0.15, 0.2) is 31.9 Å². The Bertz CT molecular complexity index is 597. The van der Waals surface area contributed by atoms with Gasteiger partial charge in [-0.2, -0.15) is 0 Å². The third-order valence-electron chi connectivity index (χ3n) is 2.36. The molecule has 16 heavy (non-hydrogen) atoms. The molecule has 2 rings (SSSR count). The normalized spacial score (nSPS) is 10.9. The third-order valence-corrected chi connectivity index (χ3v) is 2.85. The average molecular weight is 284 g/mol. The molecule has 5 heteroatoms. The fourth-order valence-corrected chi connectivity index (χ4v) is 1.82. The number of rotatable bonds is 3. The first-order valence-corrected chi connectivity index (χ1v) is 5.71. The molecule has 0 aliphatic carbocycles. The highest BCUT2D eigenvalue weighted by molar-refractivity contribution is 9.10. The van der Waals surface area contributed by atoms with Crippen LogP contribution >= 0.6 is 15.9 Å². The number of carbonyl (C=O) groups excluding carboxylic acids is 1. The first-order valence-electron chi connectivity index (χ1n) is 4.92. The molecule has 0 atom stereocenters. The zero-order valence-electron chi connectivity index (χ0n) is 8.70. The molecule has 84 valence electrons. The lowest BCUT2D eigenvalue weighted by molar-refractivity contribution is -0.119. The van der Waals surface area contributed by atoms with Gasteiger partial charge < -0.3 is 4.42 Å². The van der Waals surface area contributed by atoms with E-state index in [-0.39, 0.29) is 12.3 Å². The van der Waals surface area contributed by atoms with Gasteiger partial charge in [-0.25, -0.2) is 4.79 Å². The minimum Gasteiger partial charge on any atom is -0.408 e. The summed E-state index contributed by atoms with van der Waals surface area (Å²) in [6.07, 6.45) is 0.412. The number of fused-ring (bicyclic) bond motifs is 1. The zero-order valence-corrected chi connectivity index (χ0v) is 10.3. The molecule has 4 nitrogen and oxygen atoms in total. The maximum Gasteiger partial charge on any atom is 0.420 e. The maximum absolute atomic E-state index is 11.5. The van der Waals surface area contributed by atoms with Crippen molar-refractivity contribution in [1.82, 2.24) is 4.57 Å². The second-order valence-electron chi connectivity index (χ2n) is 3.46. The van der Waals surface area contributed by atoms with E-state index in [1.165, 1.54) is 4.57 Å². The Morgan fingerprint density at radius 2 is 2.25 bits per heavy atom. The zero-order chi connectivity index (χ0) is 11.7. The van der Waals surface area contributed by atoms with Crippen LogP contribution in [0.2, 0.25) is 0 Å². The van der Waals surface area contributed by atoms with Crippen molar-refractivity contribution < 1.29 is 9.21 Å². The number of benzene rings is 1. The summed E-state index contributed by atoms with van der Waals surface area (Å²) < 4.78 is 7.24. The first kappa shape index (κ1) is 11.1. The fourth-order valence-electron chi connectivity index (χ4n) is 1.48. The SMILES string of the molecule is CCC(=O)Cn1c(=O)oc2cc(Br)ccc21. The van der Waals surface area contributed by atoms with Crippen LogP contribution in [-0.4, -0.2) is 10.4 Å². The minimum absolute atomic E-state index is 0.00715. The summed E-state index contributed by atoms with van der Waals surface area (Å²) in [4.78, 5) is 22.9. The van der Waals surface area contributed by atoms with Crippen LogP contribution in [0.25, 0.3) is 11.1 Å². The van der Waals surface area contributed by atoms with Crippen LogP contribution in [0.5, 0.6) is 0 Å². The van der Waals surface area contributed by atoms with Gasteiger partial charge in [0.15, 0.2) is 11.4 Å². The number of halogens is 1. The van der Waals surface area contributed by atoms with Crippen molar-refractivity contribution in [3.05, 3.63) is 33.2 Å². The van der Waals surface area contributed by atoms with Gasteiger partial charge in [-0.05, 0) is 18.2 Å². The van der Waals surface area contributed by atoms with Crippen LogP contribution < -0.4 is 5.76 Å². The highest BCUT2D eigenvalue weighted by Crippen LogP contribution is 2.18. The molecule has 0 bridgehead atoms. The Hall–Kier alpha value is -1.36. The Balaban J connectivity index is 2.56. The van der Waals surface area contributed by atoms with Crippen molar-refractivity contribution in [2.24, 2.45) is 0 Å². The molecular weight excluding hydrogens is 274 g/mol. The van der Waals surface area contributed by atoms with E-state index < -0.39 is 5.76 Å². The largest absolute Gasteiger partial charge is 0.420 e. The van der Waals surface area contributed by atoms with Crippen LogP contribution in [0.1, 0.15) is 13.3 Å². The number of Topliss-reactive ketones (excluding diaryl/α,β-unsaturated/α-hetero) is 1. The van der Waals surface area contributed by atoms with Crippen molar-refractivity contribution >= 4 is 32.8 Å². The third kappa shape index (κ3) is 1.95. The van der Waals surface area contributed by atoms with Gasteiger partial charge >= 0.3 is 5.76 Å². The molecule has 0 radical (unpaired) electrons. The van der Waals surface area contributed by atoms with Crippen LogP contribution in [-0.2, 0) is 11.3 Å². The number of ketones is 1. The lowest BCUT2D eigenvalue weighted by atomic mass is 10.3. The lowest BCUT2D eigenvalue weighted by Gasteiger charge is -1.99. The van der Waals surface area contributed by atoms with Gasteiger partial charge in [0, 0.05) is 10.9 Å². The van der Waals surface area contributed by atoms with E-state index >= 15 is 0 Å². The number of oxazole rings is 1. The van der Waals surface area contributed by atoms with Crippen molar-refractivity contribution in [2.45, 2.75) is 19.9 Å². The molecule has 0 unspecified atom stereocenters. The molecular formula is C11H10BrNO3. The minimum atomic E-state index is -0.491. The predicted octanol–water partition coefficient (Wildman–Crippen LogP) is 2.34. The van der Waals surface area contributed by atoms with E-state index in [1.807, 2.05) is 6.07 Å². The van der Waals surface area contributed by atoms with Gasteiger partial charge in [0.05, 0.1) is 12.1 Å². The highest BCUT2D eigenvalue weighted by atomic mass is 79.9. The van der Waals surface area contributed by atoms with Gasteiger partial charge in [0.25, 0.3) is 0 Å². The topological polar surface area (TPSA) is 52.2 Å². The smallest absolute Gasteiger partial charge is 0.408 e. The molecule has 0 spiro atoms. The summed E-state index contributed by atoms with van der Waals surface area (Å²) in [6, 6.07) is 5.28. The van der Waals surface area contributed by atoms with Gasteiger partial charge in [-0.1, -0.05) is 22.9 Å². The molecule has 0 N–H and O–H groups in total. The van der Waals surface area contributed by atoms with Crippen LogP contribution in [0.4, 0.5) is 0 Å². The van der Waals surface area contributed by atoms with Gasteiger partial charge in [0.1, 0.15) is 0 Å². The standard InChI is InChI=1S/C11H10BrNO3/c1-2-8(14)6-13-9-4-3-7(12)5-10(9)16-11(13)15/h3-5H,2,6H2,1H3. The molecule has 0 fully saturated rings. The first-order chi connectivity index (χ1) is 7.61. The summed E-state index contributed by atoms with van der Waals surface area (Å²) >= 11 is 3.29. The van der Waals surface area contributed by atoms with E-state index in [0.717, 1.165) is 4.47 Å². The van der Waals surface area contributed by atoms with E-state index in [2.05, 4.69) is 15.9 Å². The quantitative estimate of drug-likeness (QED) is 0.869. The Morgan fingerprint density at radius 1 is 1.50 bits per heavy atom. The molecule has 0 amide bonds. The molecule has 0 aliphatic rings. The highest BCUT2D eigenvalue weighted by Gasteiger charge is 2.11. The lowest BCUT2D eigenvalue weighted by Crippen LogP contribution is -2.19. The fraction of sp³-hybridized carbons (Fsp3) is 0.273. The Morgan fingerprint density at radius 3 is 2.94 bits per heavy atom. The second kappa shape index (κ2) is 4.25. The molecule has 2 aromatic rings. The Labute approximate surface area is 100.0 Å². The monoisotopic (exact) mass is 283 g/mol. The van der Waals surface area contributed by atoms with Crippen molar-refractivity contribution in [1.29, 1.82) is 0 Å². The summed E-state index contributed by atoms with van der Waals surface area (Å²) in [5, 5.41) is 0. The molecule has 1 heterocycles. The van der Waals surface area contributed by atoms with Crippen molar-refractivity contribution in [3.63, 3.8) is 0 Å². The summed E-state index contributed by atoms with van der Waals surface area (Å²) in [7, 11) is 0.